The quantitative estimate of drug-likeness (QED) is 0.637. The molecule has 0 spiro atoms. The van der Waals surface area contributed by atoms with E-state index in [0.717, 1.165) is 5.56 Å². The molecule has 1 rings (SSSR count). The third-order valence-electron chi connectivity index (χ3n) is 2.60. The van der Waals surface area contributed by atoms with E-state index in [1.807, 2.05) is 6.07 Å². The maximum atomic E-state index is 11.8. The van der Waals surface area contributed by atoms with Crippen LogP contribution in [0.4, 0.5) is 0 Å². The van der Waals surface area contributed by atoms with Crippen molar-refractivity contribution in [1.82, 2.24) is 0 Å². The van der Waals surface area contributed by atoms with Gasteiger partial charge in [-0.1, -0.05) is 42.8 Å². The predicted octanol–water partition coefficient (Wildman–Crippen LogP) is 2.79. The van der Waals surface area contributed by atoms with Crippen molar-refractivity contribution < 1.29 is 13.5 Å². The lowest BCUT2D eigenvalue weighted by atomic mass is 10.0. The second-order valence-electron chi connectivity index (χ2n) is 3.72. The molecule has 0 aliphatic carbocycles. The molecule has 0 fully saturated rings. The fraction of sp³-hybridized carbons (Fsp3) is 0.455. The lowest BCUT2D eigenvalue weighted by Crippen LogP contribution is -2.34. The highest BCUT2D eigenvalue weighted by Gasteiger charge is 2.46. The standard InChI is InChI=1S/C11H14ClIO3S/c1-3-17(15,16)11(12,13)10(14)9-7-5-4-6-8(9)2/h4-7,10,14H,3H2,1-2H3. The average molecular weight is 389 g/mol. The Labute approximate surface area is 120 Å². The number of aryl methyl sites for hydroxylation is 1. The van der Waals surface area contributed by atoms with Gasteiger partial charge in [0.25, 0.3) is 0 Å². The molecule has 17 heavy (non-hydrogen) atoms. The highest BCUT2D eigenvalue weighted by Crippen LogP contribution is 2.44. The highest BCUT2D eigenvalue weighted by atomic mass is 127. The van der Waals surface area contributed by atoms with E-state index in [1.54, 1.807) is 47.7 Å². The molecule has 0 radical (unpaired) electrons. The number of alkyl halides is 2. The zero-order valence-electron chi connectivity index (χ0n) is 9.52. The highest BCUT2D eigenvalue weighted by molar-refractivity contribution is 14.1. The summed E-state index contributed by atoms with van der Waals surface area (Å²) in [4.78, 5) is 0. The molecule has 0 bridgehead atoms. The number of halogens is 2. The third-order valence-corrected chi connectivity index (χ3v) is 7.92. The molecule has 0 amide bonds. The molecule has 3 nitrogen and oxygen atoms in total. The van der Waals surface area contributed by atoms with Gasteiger partial charge in [0.1, 0.15) is 6.10 Å². The molecule has 0 saturated carbocycles. The van der Waals surface area contributed by atoms with Crippen LogP contribution in [0.3, 0.4) is 0 Å². The van der Waals surface area contributed by atoms with E-state index in [1.165, 1.54) is 6.92 Å². The van der Waals surface area contributed by atoms with Crippen molar-refractivity contribution in [2.75, 3.05) is 5.75 Å². The molecule has 2 unspecified atom stereocenters. The van der Waals surface area contributed by atoms with Gasteiger partial charge in [-0.05, 0) is 40.6 Å². The first-order chi connectivity index (χ1) is 7.74. The Morgan fingerprint density at radius 1 is 1.47 bits per heavy atom. The largest absolute Gasteiger partial charge is 0.385 e. The summed E-state index contributed by atoms with van der Waals surface area (Å²) >= 11 is 7.63. The smallest absolute Gasteiger partial charge is 0.225 e. The summed E-state index contributed by atoms with van der Waals surface area (Å²) in [5.74, 6) is -0.109. The summed E-state index contributed by atoms with van der Waals surface area (Å²) in [5.41, 5.74) is 1.35. The van der Waals surface area contributed by atoms with Gasteiger partial charge in [0.2, 0.25) is 2.21 Å². The van der Waals surface area contributed by atoms with Crippen LogP contribution in [-0.2, 0) is 9.84 Å². The first-order valence-corrected chi connectivity index (χ1v) is 8.18. The van der Waals surface area contributed by atoms with E-state index in [-0.39, 0.29) is 5.75 Å². The predicted molar refractivity (Wildman–Crippen MR) is 78.2 cm³/mol. The van der Waals surface area contributed by atoms with Crippen molar-refractivity contribution in [1.29, 1.82) is 0 Å². The van der Waals surface area contributed by atoms with Gasteiger partial charge in [-0.15, -0.1) is 0 Å². The number of aliphatic hydroxyl groups is 1. The minimum atomic E-state index is -3.56. The molecule has 0 aromatic heterocycles. The van der Waals surface area contributed by atoms with Gasteiger partial charge in [-0.2, -0.15) is 0 Å². The molecule has 1 aromatic carbocycles. The molecule has 0 aliphatic rings. The molecule has 1 aromatic rings. The second kappa shape index (κ2) is 5.42. The summed E-state index contributed by atoms with van der Waals surface area (Å²) in [6, 6.07) is 7.05. The van der Waals surface area contributed by atoms with Crippen LogP contribution < -0.4 is 0 Å². The molecule has 1 N–H and O–H groups in total. The molecular formula is C11H14ClIO3S. The Morgan fingerprint density at radius 3 is 2.47 bits per heavy atom. The number of benzene rings is 1. The van der Waals surface area contributed by atoms with Crippen molar-refractivity contribution in [2.24, 2.45) is 0 Å². The first-order valence-electron chi connectivity index (χ1n) is 5.07. The minimum Gasteiger partial charge on any atom is -0.385 e. The van der Waals surface area contributed by atoms with Crippen molar-refractivity contribution in [3.63, 3.8) is 0 Å². The molecule has 6 heteroatoms. The normalized spacial score (nSPS) is 17.5. The number of hydrogen-bond donors (Lipinski definition) is 1. The van der Waals surface area contributed by atoms with Gasteiger partial charge in [-0.25, -0.2) is 8.42 Å². The molecule has 2 atom stereocenters. The first kappa shape index (κ1) is 15.2. The van der Waals surface area contributed by atoms with E-state index in [9.17, 15) is 13.5 Å². The van der Waals surface area contributed by atoms with Crippen molar-refractivity contribution in [3.8, 4) is 0 Å². The zero-order chi connectivity index (χ0) is 13.3. The molecule has 0 aliphatic heterocycles. The van der Waals surface area contributed by atoms with Gasteiger partial charge in [0.15, 0.2) is 9.84 Å². The van der Waals surface area contributed by atoms with E-state index in [0.29, 0.717) is 5.56 Å². The number of rotatable bonds is 4. The summed E-state index contributed by atoms with van der Waals surface area (Å²) < 4.78 is 22.0. The summed E-state index contributed by atoms with van der Waals surface area (Å²) in [7, 11) is -3.56. The summed E-state index contributed by atoms with van der Waals surface area (Å²) in [6.07, 6.45) is -1.25. The lowest BCUT2D eigenvalue weighted by molar-refractivity contribution is 0.187. The monoisotopic (exact) mass is 388 g/mol. The fourth-order valence-corrected chi connectivity index (χ4v) is 4.00. The van der Waals surface area contributed by atoms with E-state index >= 15 is 0 Å². The minimum absolute atomic E-state index is 0.109. The Morgan fingerprint density at radius 2 is 2.00 bits per heavy atom. The van der Waals surface area contributed by atoms with E-state index < -0.39 is 18.2 Å². The maximum Gasteiger partial charge on any atom is 0.225 e. The van der Waals surface area contributed by atoms with Crippen LogP contribution in [0.25, 0.3) is 0 Å². The van der Waals surface area contributed by atoms with Gasteiger partial charge in [0, 0.05) is 0 Å². The zero-order valence-corrected chi connectivity index (χ0v) is 13.3. The summed E-state index contributed by atoms with van der Waals surface area (Å²) in [5, 5.41) is 10.2. The summed E-state index contributed by atoms with van der Waals surface area (Å²) in [6.45, 7) is 3.32. The van der Waals surface area contributed by atoms with Crippen LogP contribution in [0.2, 0.25) is 0 Å². The fourth-order valence-electron chi connectivity index (χ4n) is 1.44. The number of sulfone groups is 1. The Balaban J connectivity index is 3.23. The van der Waals surface area contributed by atoms with Crippen LogP contribution in [-0.4, -0.2) is 21.5 Å². The molecule has 0 saturated heterocycles. The second-order valence-corrected chi connectivity index (χ2v) is 10.1. The Kier molecular flexibility index (Phi) is 4.85. The molecule has 96 valence electrons. The van der Waals surface area contributed by atoms with Crippen LogP contribution in [0.15, 0.2) is 24.3 Å². The van der Waals surface area contributed by atoms with Crippen LogP contribution >= 0.6 is 34.2 Å². The Bertz CT molecular complexity index is 499. The maximum absolute atomic E-state index is 11.8. The van der Waals surface area contributed by atoms with Gasteiger partial charge in [0.05, 0.1) is 5.75 Å². The topological polar surface area (TPSA) is 54.4 Å². The van der Waals surface area contributed by atoms with E-state index in [2.05, 4.69) is 0 Å². The van der Waals surface area contributed by atoms with Crippen molar-refractivity contribution >= 4 is 44.0 Å². The number of hydrogen-bond acceptors (Lipinski definition) is 3. The van der Waals surface area contributed by atoms with Crippen LogP contribution in [0, 0.1) is 6.92 Å². The van der Waals surface area contributed by atoms with Gasteiger partial charge < -0.3 is 5.11 Å². The number of aliphatic hydroxyl groups excluding tert-OH is 1. The van der Waals surface area contributed by atoms with Crippen LogP contribution in [0.1, 0.15) is 24.2 Å². The SMILES string of the molecule is CCS(=O)(=O)C(Cl)(I)C(O)c1ccccc1C. The van der Waals surface area contributed by atoms with Gasteiger partial charge >= 0.3 is 0 Å². The van der Waals surface area contributed by atoms with Crippen molar-refractivity contribution in [2.45, 2.75) is 22.2 Å². The van der Waals surface area contributed by atoms with Crippen LogP contribution in [0.5, 0.6) is 0 Å². The Hall–Kier alpha value is 0.150. The van der Waals surface area contributed by atoms with Crippen molar-refractivity contribution in [3.05, 3.63) is 35.4 Å². The lowest BCUT2D eigenvalue weighted by Gasteiger charge is -2.26. The molecule has 0 heterocycles. The average Bonchev–Trinajstić information content (AvgIpc) is 2.28. The third kappa shape index (κ3) is 2.94. The van der Waals surface area contributed by atoms with E-state index in [4.69, 9.17) is 11.6 Å². The van der Waals surface area contributed by atoms with Gasteiger partial charge in [-0.3, -0.25) is 0 Å². The molecular weight excluding hydrogens is 375 g/mol.